The predicted octanol–water partition coefficient (Wildman–Crippen LogP) is 5.83. The molecule has 6 rings (SSSR count). The summed E-state index contributed by atoms with van der Waals surface area (Å²) in [7, 11) is 0. The number of halogens is 1. The molecular formula is C23H19ClN2. The molecule has 5 atom stereocenters. The molecule has 3 aromatic rings. The Kier molecular flexibility index (Phi) is 3.10. The lowest BCUT2D eigenvalue weighted by Crippen LogP contribution is -2.65. The van der Waals surface area contributed by atoms with Gasteiger partial charge in [0.1, 0.15) is 0 Å². The zero-order valence-corrected chi connectivity index (χ0v) is 15.1. The standard InChI is InChI=1S/C23H19ClN2/c24-23-25-19(13-4-2-1-3-5-13)12-20(26-23)14-6-8-15(9-7-14)21-17-10-16-11-18(21)22(16)17/h1-9,12,16-18,21-22H,10-11H2/t16?,17-,18?,21?,22?/m1/s1. The maximum Gasteiger partial charge on any atom is 0.223 e. The van der Waals surface area contributed by atoms with E-state index in [2.05, 4.69) is 34.2 Å². The third kappa shape index (κ3) is 2.05. The second-order valence-electron chi connectivity index (χ2n) is 8.06. The summed E-state index contributed by atoms with van der Waals surface area (Å²) in [5.41, 5.74) is 5.42. The van der Waals surface area contributed by atoms with Gasteiger partial charge in [-0.25, -0.2) is 9.97 Å². The van der Waals surface area contributed by atoms with Gasteiger partial charge in [0.2, 0.25) is 5.28 Å². The number of nitrogens with zero attached hydrogens (tertiary/aromatic N) is 2. The van der Waals surface area contributed by atoms with Gasteiger partial charge in [0.25, 0.3) is 0 Å². The second-order valence-corrected chi connectivity index (χ2v) is 8.40. The third-order valence-electron chi connectivity index (χ3n) is 6.97. The van der Waals surface area contributed by atoms with Gasteiger partial charge in [-0.1, -0.05) is 54.6 Å². The molecule has 0 bridgehead atoms. The van der Waals surface area contributed by atoms with Crippen LogP contribution in [0.1, 0.15) is 24.3 Å². The topological polar surface area (TPSA) is 25.8 Å². The van der Waals surface area contributed by atoms with Crippen LogP contribution in [-0.2, 0) is 0 Å². The average molecular weight is 359 g/mol. The van der Waals surface area contributed by atoms with Crippen molar-refractivity contribution in [1.29, 1.82) is 0 Å². The van der Waals surface area contributed by atoms with Gasteiger partial charge in [0.15, 0.2) is 0 Å². The molecule has 1 aromatic heterocycles. The summed E-state index contributed by atoms with van der Waals surface area (Å²) in [4.78, 5) is 8.85. The smallest absolute Gasteiger partial charge is 0.218 e. The molecule has 2 aromatic carbocycles. The van der Waals surface area contributed by atoms with E-state index in [0.717, 1.165) is 52.1 Å². The number of hydrogen-bond donors (Lipinski definition) is 0. The van der Waals surface area contributed by atoms with Crippen LogP contribution in [0.3, 0.4) is 0 Å². The van der Waals surface area contributed by atoms with E-state index in [0.29, 0.717) is 5.28 Å². The van der Waals surface area contributed by atoms with E-state index in [9.17, 15) is 0 Å². The number of rotatable bonds is 3. The molecule has 0 aliphatic heterocycles. The molecule has 4 unspecified atom stereocenters. The summed E-state index contributed by atoms with van der Waals surface area (Å²) in [5, 5.41) is 0.294. The van der Waals surface area contributed by atoms with Gasteiger partial charge in [0, 0.05) is 11.1 Å². The zero-order valence-electron chi connectivity index (χ0n) is 14.3. The minimum Gasteiger partial charge on any atom is -0.218 e. The van der Waals surface area contributed by atoms with Gasteiger partial charge >= 0.3 is 0 Å². The lowest BCUT2D eigenvalue weighted by atomic mass is 9.31. The first-order chi connectivity index (χ1) is 12.8. The molecule has 1 heterocycles. The van der Waals surface area contributed by atoms with Crippen molar-refractivity contribution in [2.24, 2.45) is 23.7 Å². The van der Waals surface area contributed by atoms with Crippen molar-refractivity contribution in [2.45, 2.75) is 18.8 Å². The van der Waals surface area contributed by atoms with E-state index in [1.165, 1.54) is 18.4 Å². The molecule has 128 valence electrons. The molecule has 0 spiro atoms. The average Bonchev–Trinajstić information content (AvgIpc) is 2.68. The molecule has 0 amide bonds. The Balaban J connectivity index is 1.32. The van der Waals surface area contributed by atoms with Crippen LogP contribution in [0.4, 0.5) is 0 Å². The predicted molar refractivity (Wildman–Crippen MR) is 104 cm³/mol. The van der Waals surface area contributed by atoms with E-state index >= 15 is 0 Å². The van der Waals surface area contributed by atoms with E-state index in [1.54, 1.807) is 0 Å². The minimum absolute atomic E-state index is 0.294. The van der Waals surface area contributed by atoms with Crippen LogP contribution in [0, 0.1) is 23.7 Å². The van der Waals surface area contributed by atoms with Gasteiger partial charge in [0.05, 0.1) is 11.4 Å². The molecule has 3 aliphatic carbocycles. The quantitative estimate of drug-likeness (QED) is 0.550. The summed E-state index contributed by atoms with van der Waals surface area (Å²) < 4.78 is 0. The molecule has 26 heavy (non-hydrogen) atoms. The van der Waals surface area contributed by atoms with Gasteiger partial charge < -0.3 is 0 Å². The lowest BCUT2D eigenvalue weighted by Gasteiger charge is -2.73. The first kappa shape index (κ1) is 14.9. The van der Waals surface area contributed by atoms with E-state index < -0.39 is 0 Å². The largest absolute Gasteiger partial charge is 0.223 e. The van der Waals surface area contributed by atoms with Crippen molar-refractivity contribution in [2.75, 3.05) is 0 Å². The van der Waals surface area contributed by atoms with Crippen molar-refractivity contribution in [3.8, 4) is 22.5 Å². The maximum atomic E-state index is 6.21. The fourth-order valence-corrected chi connectivity index (χ4v) is 5.87. The molecule has 2 nitrogen and oxygen atoms in total. The highest BCUT2D eigenvalue weighted by atomic mass is 35.5. The van der Waals surface area contributed by atoms with Crippen LogP contribution >= 0.6 is 11.6 Å². The number of hydrogen-bond acceptors (Lipinski definition) is 2. The molecule has 3 heteroatoms. The Morgan fingerprint density at radius 2 is 1.38 bits per heavy atom. The van der Waals surface area contributed by atoms with Crippen molar-refractivity contribution in [3.63, 3.8) is 0 Å². The van der Waals surface area contributed by atoms with Crippen molar-refractivity contribution in [3.05, 3.63) is 71.5 Å². The highest BCUT2D eigenvalue weighted by Crippen LogP contribution is 2.75. The van der Waals surface area contributed by atoms with Crippen LogP contribution in [0.15, 0.2) is 60.7 Å². The molecule has 3 fully saturated rings. The SMILES string of the molecule is Clc1nc(-c2ccccc2)cc(-c2ccc(C3C4CC5C[C@H]3C54)cc2)n1. The van der Waals surface area contributed by atoms with Crippen LogP contribution in [-0.4, -0.2) is 9.97 Å². The van der Waals surface area contributed by atoms with Gasteiger partial charge in [-0.3, -0.25) is 0 Å². The summed E-state index contributed by atoms with van der Waals surface area (Å²) in [6.07, 6.45) is 2.94. The van der Waals surface area contributed by atoms with Crippen molar-refractivity contribution >= 4 is 11.6 Å². The second kappa shape index (κ2) is 5.40. The Morgan fingerprint density at radius 3 is 1.96 bits per heavy atom. The summed E-state index contributed by atoms with van der Waals surface area (Å²) in [5.74, 6) is 4.92. The van der Waals surface area contributed by atoms with Crippen LogP contribution in [0.5, 0.6) is 0 Å². The Hall–Kier alpha value is -2.19. The summed E-state index contributed by atoms with van der Waals surface area (Å²) in [6.45, 7) is 0. The number of benzene rings is 2. The van der Waals surface area contributed by atoms with Gasteiger partial charge in [-0.15, -0.1) is 0 Å². The van der Waals surface area contributed by atoms with Crippen molar-refractivity contribution < 1.29 is 0 Å². The maximum absolute atomic E-state index is 6.21. The highest BCUT2D eigenvalue weighted by Gasteiger charge is 2.67. The number of aromatic nitrogens is 2. The monoisotopic (exact) mass is 358 g/mol. The van der Waals surface area contributed by atoms with Crippen LogP contribution < -0.4 is 0 Å². The van der Waals surface area contributed by atoms with Crippen LogP contribution in [0.25, 0.3) is 22.5 Å². The third-order valence-corrected chi connectivity index (χ3v) is 7.13. The fourth-order valence-electron chi connectivity index (χ4n) is 5.69. The van der Waals surface area contributed by atoms with Crippen molar-refractivity contribution in [1.82, 2.24) is 9.97 Å². The molecule has 0 saturated heterocycles. The Bertz CT molecular complexity index is 969. The molecule has 3 saturated carbocycles. The minimum atomic E-state index is 0.294. The summed E-state index contributed by atoms with van der Waals surface area (Å²) >= 11 is 6.21. The molecule has 3 aliphatic rings. The highest BCUT2D eigenvalue weighted by molar-refractivity contribution is 6.28. The first-order valence-electron chi connectivity index (χ1n) is 9.48. The first-order valence-corrected chi connectivity index (χ1v) is 9.86. The fraction of sp³-hybridized carbons (Fsp3) is 0.304. The van der Waals surface area contributed by atoms with E-state index in [1.807, 2.05) is 36.4 Å². The molecular weight excluding hydrogens is 340 g/mol. The molecule has 0 N–H and O–H groups in total. The van der Waals surface area contributed by atoms with Gasteiger partial charge in [-0.05, 0) is 65.7 Å². The molecule has 0 radical (unpaired) electrons. The van der Waals surface area contributed by atoms with E-state index in [4.69, 9.17) is 11.6 Å². The lowest BCUT2D eigenvalue weighted by molar-refractivity contribution is -0.214. The Morgan fingerprint density at radius 1 is 0.769 bits per heavy atom. The van der Waals surface area contributed by atoms with E-state index in [-0.39, 0.29) is 0 Å². The summed E-state index contributed by atoms with van der Waals surface area (Å²) in [6, 6.07) is 21.2. The Labute approximate surface area is 158 Å². The van der Waals surface area contributed by atoms with Crippen LogP contribution in [0.2, 0.25) is 5.28 Å². The van der Waals surface area contributed by atoms with Gasteiger partial charge in [-0.2, -0.15) is 0 Å². The zero-order chi connectivity index (χ0) is 17.3. The normalized spacial score (nSPS) is 30.6.